The molecule has 2 heterocycles. The molecular formula is C9H8BrNS. The van der Waals surface area contributed by atoms with Gasteiger partial charge < -0.3 is 0 Å². The third-order valence-corrected chi connectivity index (χ3v) is 3.26. The molecule has 2 rings (SSSR count). The van der Waals surface area contributed by atoms with Gasteiger partial charge in [-0.25, -0.2) is 0 Å². The van der Waals surface area contributed by atoms with Crippen LogP contribution in [0.5, 0.6) is 0 Å². The van der Waals surface area contributed by atoms with Crippen LogP contribution in [-0.2, 0) is 0 Å². The molecular weight excluding hydrogens is 234 g/mol. The van der Waals surface area contributed by atoms with Crippen molar-refractivity contribution in [3.63, 3.8) is 0 Å². The van der Waals surface area contributed by atoms with Crippen LogP contribution in [0.25, 0.3) is 0 Å². The summed E-state index contributed by atoms with van der Waals surface area (Å²) in [5.41, 5.74) is 2.23. The lowest BCUT2D eigenvalue weighted by atomic mass is 10.2. The summed E-state index contributed by atoms with van der Waals surface area (Å²) in [4.78, 5) is 5.81. The van der Waals surface area contributed by atoms with Gasteiger partial charge in [0.25, 0.3) is 0 Å². The Balaban J connectivity index is 2.47. The summed E-state index contributed by atoms with van der Waals surface area (Å²) in [5.74, 6) is 0. The molecule has 0 radical (unpaired) electrons. The number of rotatable bonds is 0. The molecule has 0 aromatic rings. The van der Waals surface area contributed by atoms with Crippen molar-refractivity contribution in [3.8, 4) is 0 Å². The minimum atomic E-state index is 0.980. The van der Waals surface area contributed by atoms with E-state index in [0.29, 0.717) is 0 Å². The molecule has 62 valence electrons. The van der Waals surface area contributed by atoms with Crippen molar-refractivity contribution in [2.24, 2.45) is 4.99 Å². The Morgan fingerprint density at radius 2 is 2.33 bits per heavy atom. The van der Waals surface area contributed by atoms with Crippen molar-refractivity contribution in [1.29, 1.82) is 0 Å². The first-order valence-corrected chi connectivity index (χ1v) is 5.35. The number of fused-ring (bicyclic) bond motifs is 2. The zero-order chi connectivity index (χ0) is 8.55. The molecule has 0 atom stereocenters. The summed E-state index contributed by atoms with van der Waals surface area (Å²) in [6.45, 7) is 2.02. The molecule has 3 heteroatoms. The molecule has 0 aliphatic carbocycles. The van der Waals surface area contributed by atoms with Crippen molar-refractivity contribution in [1.82, 2.24) is 0 Å². The topological polar surface area (TPSA) is 12.4 Å². The molecule has 2 aliphatic rings. The fourth-order valence-corrected chi connectivity index (χ4v) is 2.88. The number of aliphatic imine (C=N–C) groups is 1. The van der Waals surface area contributed by atoms with E-state index in [9.17, 15) is 0 Å². The highest BCUT2D eigenvalue weighted by Gasteiger charge is 2.13. The molecule has 0 fully saturated rings. The highest BCUT2D eigenvalue weighted by atomic mass is 79.9. The molecule has 0 saturated heterocycles. The van der Waals surface area contributed by atoms with Crippen molar-refractivity contribution >= 4 is 33.4 Å². The van der Waals surface area contributed by atoms with E-state index in [1.165, 1.54) is 4.91 Å². The summed E-state index contributed by atoms with van der Waals surface area (Å²) in [6, 6.07) is 0. The lowest BCUT2D eigenvalue weighted by Gasteiger charge is -2.10. The van der Waals surface area contributed by atoms with Crippen LogP contribution < -0.4 is 0 Å². The van der Waals surface area contributed by atoms with Crippen molar-refractivity contribution in [3.05, 3.63) is 32.6 Å². The number of nitrogens with zero attached hydrogens (tertiary/aromatic N) is 1. The van der Waals surface area contributed by atoms with Gasteiger partial charge in [0.15, 0.2) is 0 Å². The van der Waals surface area contributed by atoms with Gasteiger partial charge in [-0.1, -0.05) is 17.8 Å². The second-order valence-electron chi connectivity index (χ2n) is 2.77. The Morgan fingerprint density at radius 1 is 1.50 bits per heavy atom. The number of halogens is 1. The Hall–Kier alpha value is -0.280. The number of hydrogen-bond acceptors (Lipinski definition) is 2. The standard InChI is InChI=1S/C9H8BrNS/c1-6-2-3-8-4-7(11-6)5-9(10)12-8/h2-3,5H,4H2,1H3. The predicted molar refractivity (Wildman–Crippen MR) is 58.5 cm³/mol. The van der Waals surface area contributed by atoms with E-state index in [2.05, 4.69) is 39.2 Å². The van der Waals surface area contributed by atoms with Gasteiger partial charge in [-0.15, -0.1) is 0 Å². The third-order valence-electron chi connectivity index (χ3n) is 1.69. The summed E-state index contributed by atoms with van der Waals surface area (Å²) < 4.78 is 1.15. The molecule has 0 aromatic carbocycles. The minimum absolute atomic E-state index is 0.980. The first kappa shape index (κ1) is 8.32. The molecule has 0 amide bonds. The maximum Gasteiger partial charge on any atom is 0.0566 e. The average Bonchev–Trinajstić information content (AvgIpc) is 2.10. The van der Waals surface area contributed by atoms with Crippen LogP contribution in [0.3, 0.4) is 0 Å². The zero-order valence-corrected chi connectivity index (χ0v) is 9.08. The van der Waals surface area contributed by atoms with Gasteiger partial charge in [0, 0.05) is 17.8 Å². The lowest BCUT2D eigenvalue weighted by molar-refractivity contribution is 1.29. The molecule has 2 aliphatic heterocycles. The quantitative estimate of drug-likeness (QED) is 0.632. The van der Waals surface area contributed by atoms with Gasteiger partial charge in [-0.2, -0.15) is 0 Å². The molecule has 0 N–H and O–H groups in total. The smallest absolute Gasteiger partial charge is 0.0566 e. The molecule has 1 nitrogen and oxygen atoms in total. The van der Waals surface area contributed by atoms with Crippen LogP contribution in [0.15, 0.2) is 37.6 Å². The summed E-state index contributed by atoms with van der Waals surface area (Å²) in [7, 11) is 0. The fourth-order valence-electron chi connectivity index (χ4n) is 1.19. The van der Waals surface area contributed by atoms with E-state index in [-0.39, 0.29) is 0 Å². The molecule has 2 bridgehead atoms. The second kappa shape index (κ2) is 3.23. The van der Waals surface area contributed by atoms with Gasteiger partial charge in [-0.3, -0.25) is 4.99 Å². The van der Waals surface area contributed by atoms with E-state index in [0.717, 1.165) is 21.6 Å². The van der Waals surface area contributed by atoms with Crippen molar-refractivity contribution < 1.29 is 0 Å². The highest BCUT2D eigenvalue weighted by Crippen LogP contribution is 2.37. The molecule has 0 spiro atoms. The highest BCUT2D eigenvalue weighted by molar-refractivity contribution is 9.14. The van der Waals surface area contributed by atoms with E-state index in [1.54, 1.807) is 11.8 Å². The fraction of sp³-hybridized carbons (Fsp3) is 0.222. The van der Waals surface area contributed by atoms with E-state index in [1.807, 2.05) is 6.92 Å². The van der Waals surface area contributed by atoms with Crippen LogP contribution in [0.1, 0.15) is 13.3 Å². The first-order valence-electron chi connectivity index (χ1n) is 3.74. The van der Waals surface area contributed by atoms with Crippen LogP contribution in [0.2, 0.25) is 0 Å². The lowest BCUT2D eigenvalue weighted by Crippen LogP contribution is -1.98. The van der Waals surface area contributed by atoms with Gasteiger partial charge in [-0.05, 0) is 39.9 Å². The normalized spacial score (nSPS) is 21.8. The van der Waals surface area contributed by atoms with Gasteiger partial charge in [0.05, 0.1) is 3.81 Å². The maximum absolute atomic E-state index is 4.45. The Bertz CT molecular complexity index is 336. The van der Waals surface area contributed by atoms with Gasteiger partial charge in [0.1, 0.15) is 0 Å². The van der Waals surface area contributed by atoms with Crippen molar-refractivity contribution in [2.75, 3.05) is 0 Å². The van der Waals surface area contributed by atoms with Crippen LogP contribution in [0.4, 0.5) is 0 Å². The van der Waals surface area contributed by atoms with Crippen molar-refractivity contribution in [2.45, 2.75) is 13.3 Å². The van der Waals surface area contributed by atoms with E-state index >= 15 is 0 Å². The number of allylic oxidation sites excluding steroid dienone is 5. The maximum atomic E-state index is 4.45. The Morgan fingerprint density at radius 3 is 3.17 bits per heavy atom. The van der Waals surface area contributed by atoms with Gasteiger partial charge in [0.2, 0.25) is 0 Å². The molecule has 0 saturated carbocycles. The van der Waals surface area contributed by atoms with Gasteiger partial charge >= 0.3 is 0 Å². The summed E-state index contributed by atoms with van der Waals surface area (Å²) in [6.07, 6.45) is 7.28. The Labute approximate surface area is 84.5 Å². The number of hydrogen-bond donors (Lipinski definition) is 0. The average molecular weight is 242 g/mol. The second-order valence-corrected chi connectivity index (χ2v) is 5.32. The summed E-state index contributed by atoms with van der Waals surface area (Å²) in [5, 5.41) is 0. The SMILES string of the molecule is CC1=CC=C2CC(=N1)C=C(Br)S2. The monoisotopic (exact) mass is 241 g/mol. The predicted octanol–water partition coefficient (Wildman–Crippen LogP) is 3.60. The number of thioether (sulfide) groups is 1. The Kier molecular flexibility index (Phi) is 2.24. The first-order chi connectivity index (χ1) is 5.74. The van der Waals surface area contributed by atoms with E-state index < -0.39 is 0 Å². The van der Waals surface area contributed by atoms with Crippen LogP contribution in [-0.4, -0.2) is 5.71 Å². The summed E-state index contributed by atoms with van der Waals surface area (Å²) >= 11 is 5.25. The molecule has 12 heavy (non-hydrogen) atoms. The minimum Gasteiger partial charge on any atom is -0.258 e. The van der Waals surface area contributed by atoms with Crippen LogP contribution in [0, 0.1) is 0 Å². The molecule has 0 aromatic heterocycles. The van der Waals surface area contributed by atoms with E-state index in [4.69, 9.17) is 0 Å². The third kappa shape index (κ3) is 1.72. The largest absolute Gasteiger partial charge is 0.258 e. The van der Waals surface area contributed by atoms with Crippen LogP contribution >= 0.6 is 27.7 Å². The zero-order valence-electron chi connectivity index (χ0n) is 6.67. The molecule has 0 unspecified atom stereocenters.